The number of likely N-dealkylation sites (tertiary alicyclic amines) is 2. The summed E-state index contributed by atoms with van der Waals surface area (Å²) in [6, 6.07) is 16.8. The van der Waals surface area contributed by atoms with Gasteiger partial charge in [-0.3, -0.25) is 9.69 Å². The molecule has 2 saturated heterocycles. The lowest BCUT2D eigenvalue weighted by Crippen LogP contribution is -2.52. The number of hydrogen-bond donors (Lipinski definition) is 2. The van der Waals surface area contributed by atoms with Crippen molar-refractivity contribution >= 4 is 17.5 Å². The second-order valence-electron chi connectivity index (χ2n) is 8.27. The molecule has 154 valence electrons. The molecule has 0 spiro atoms. The van der Waals surface area contributed by atoms with Crippen LogP contribution in [0.15, 0.2) is 54.6 Å². The van der Waals surface area contributed by atoms with Crippen molar-refractivity contribution in [2.45, 2.75) is 37.0 Å². The molecule has 1 unspecified atom stereocenters. The van der Waals surface area contributed by atoms with E-state index < -0.39 is 11.7 Å². The average molecular weight is 415 g/mol. The largest absolute Gasteiger partial charge is 0.390 e. The van der Waals surface area contributed by atoms with Gasteiger partial charge in [0.2, 0.25) is 0 Å². The summed E-state index contributed by atoms with van der Waals surface area (Å²) >= 11 is 5.91. The molecule has 2 N–H and O–H groups in total. The van der Waals surface area contributed by atoms with Crippen molar-refractivity contribution in [2.75, 3.05) is 26.2 Å². The third-order valence-electron chi connectivity index (χ3n) is 6.21. The van der Waals surface area contributed by atoms with E-state index in [1.807, 2.05) is 30.3 Å². The van der Waals surface area contributed by atoms with E-state index in [4.69, 9.17) is 11.6 Å². The number of β-amino-alcohol motifs (C(OH)–C–C–N with tert-alkyl or cyclic N) is 1. The lowest BCUT2D eigenvalue weighted by molar-refractivity contribution is -0.0404. The van der Waals surface area contributed by atoms with Gasteiger partial charge < -0.3 is 15.1 Å². The molecule has 0 aromatic heterocycles. The Morgan fingerprint density at radius 3 is 2.34 bits per heavy atom. The van der Waals surface area contributed by atoms with Crippen LogP contribution in [0.25, 0.3) is 0 Å². The average Bonchev–Trinajstić information content (AvgIpc) is 3.11. The molecule has 2 fully saturated rings. The second-order valence-corrected chi connectivity index (χ2v) is 8.71. The fourth-order valence-corrected chi connectivity index (χ4v) is 4.62. The maximum absolute atomic E-state index is 12.8. The first-order chi connectivity index (χ1) is 13.9. The quantitative estimate of drug-likeness (QED) is 0.807. The molecule has 1 amide bonds. The Kier molecular flexibility index (Phi) is 5.93. The molecule has 4 rings (SSSR count). The van der Waals surface area contributed by atoms with Crippen LogP contribution < -0.4 is 0 Å². The highest BCUT2D eigenvalue weighted by atomic mass is 35.5. The number of carbonyl (C=O) groups is 1. The van der Waals surface area contributed by atoms with Crippen LogP contribution in [-0.2, 0) is 6.42 Å². The maximum atomic E-state index is 12.8. The van der Waals surface area contributed by atoms with E-state index in [9.17, 15) is 15.0 Å². The highest BCUT2D eigenvalue weighted by Crippen LogP contribution is 2.30. The zero-order valence-electron chi connectivity index (χ0n) is 16.4. The number of hydrogen-bond acceptors (Lipinski definition) is 4. The maximum Gasteiger partial charge on any atom is 0.253 e. The first-order valence-electron chi connectivity index (χ1n) is 10.2. The van der Waals surface area contributed by atoms with Crippen molar-refractivity contribution < 1.29 is 15.0 Å². The number of benzene rings is 2. The van der Waals surface area contributed by atoms with Crippen molar-refractivity contribution in [1.29, 1.82) is 0 Å². The normalized spacial score (nSPS) is 24.6. The van der Waals surface area contributed by atoms with E-state index in [-0.39, 0.29) is 11.9 Å². The van der Waals surface area contributed by atoms with E-state index >= 15 is 0 Å². The summed E-state index contributed by atoms with van der Waals surface area (Å²) in [7, 11) is 0. The van der Waals surface area contributed by atoms with Crippen molar-refractivity contribution in [2.24, 2.45) is 0 Å². The Hall–Kier alpha value is -1.92. The minimum absolute atomic E-state index is 0.0826. The lowest BCUT2D eigenvalue weighted by Gasteiger charge is -2.41. The number of carbonyl (C=O) groups excluding carboxylic acids is 1. The summed E-state index contributed by atoms with van der Waals surface area (Å²) in [6.45, 7) is 2.26. The fraction of sp³-hybridized carbons (Fsp3) is 0.435. The Balaban J connectivity index is 1.35. The van der Waals surface area contributed by atoms with Gasteiger partial charge in [-0.1, -0.05) is 41.9 Å². The van der Waals surface area contributed by atoms with Crippen LogP contribution in [0.3, 0.4) is 0 Å². The van der Waals surface area contributed by atoms with Gasteiger partial charge in [-0.25, -0.2) is 0 Å². The molecule has 0 radical (unpaired) electrons. The molecule has 29 heavy (non-hydrogen) atoms. The predicted octanol–water partition coefficient (Wildman–Crippen LogP) is 2.59. The molecular formula is C23H27ClN2O3. The number of amides is 1. The summed E-state index contributed by atoms with van der Waals surface area (Å²) in [5.41, 5.74) is 1.02. The van der Waals surface area contributed by atoms with Gasteiger partial charge >= 0.3 is 0 Å². The number of rotatable bonds is 4. The van der Waals surface area contributed by atoms with Crippen molar-refractivity contribution in [3.63, 3.8) is 0 Å². The highest BCUT2D eigenvalue weighted by molar-refractivity contribution is 6.30. The second kappa shape index (κ2) is 8.44. The summed E-state index contributed by atoms with van der Waals surface area (Å²) in [6.07, 6.45) is 1.40. The molecule has 5 nitrogen and oxygen atoms in total. The Labute approximate surface area is 176 Å². The molecular weight excluding hydrogens is 388 g/mol. The van der Waals surface area contributed by atoms with Crippen LogP contribution in [0.1, 0.15) is 28.8 Å². The van der Waals surface area contributed by atoms with E-state index in [0.29, 0.717) is 56.0 Å². The van der Waals surface area contributed by atoms with Crippen LogP contribution in [0.4, 0.5) is 0 Å². The van der Waals surface area contributed by atoms with Gasteiger partial charge in [0.1, 0.15) is 0 Å². The van der Waals surface area contributed by atoms with E-state index in [0.717, 1.165) is 5.56 Å². The number of halogens is 1. The third-order valence-corrected chi connectivity index (χ3v) is 6.46. The molecule has 2 heterocycles. The lowest BCUT2D eigenvalue weighted by atomic mass is 9.85. The smallest absolute Gasteiger partial charge is 0.253 e. The monoisotopic (exact) mass is 414 g/mol. The zero-order valence-corrected chi connectivity index (χ0v) is 17.1. The van der Waals surface area contributed by atoms with Gasteiger partial charge in [-0.2, -0.15) is 0 Å². The first kappa shape index (κ1) is 20.4. The van der Waals surface area contributed by atoms with Crippen LogP contribution in [0, 0.1) is 0 Å². The standard InChI is InChI=1S/C23H27ClN2O3/c24-19-8-6-18(7-9-19)22(28)26-15-20(21(27)16-26)25-12-10-23(29,11-13-25)14-17-4-2-1-3-5-17/h1-9,20-21,27,29H,10-16H2/t20-,21?/m1/s1. The van der Waals surface area contributed by atoms with Crippen LogP contribution in [0.2, 0.25) is 5.02 Å². The van der Waals surface area contributed by atoms with E-state index in [1.54, 1.807) is 29.2 Å². The molecule has 2 aliphatic rings. The van der Waals surface area contributed by atoms with Gasteiger partial charge in [-0.15, -0.1) is 0 Å². The highest BCUT2D eigenvalue weighted by Gasteiger charge is 2.41. The summed E-state index contributed by atoms with van der Waals surface area (Å²) < 4.78 is 0. The minimum atomic E-state index is -0.708. The van der Waals surface area contributed by atoms with Crippen molar-refractivity contribution in [1.82, 2.24) is 9.80 Å². The number of piperidine rings is 1. The van der Waals surface area contributed by atoms with Gasteiger partial charge in [0.15, 0.2) is 0 Å². The Morgan fingerprint density at radius 2 is 1.69 bits per heavy atom. The van der Waals surface area contributed by atoms with E-state index in [2.05, 4.69) is 4.90 Å². The van der Waals surface area contributed by atoms with Crippen LogP contribution in [0.5, 0.6) is 0 Å². The van der Waals surface area contributed by atoms with Crippen LogP contribution in [-0.4, -0.2) is 69.8 Å². The van der Waals surface area contributed by atoms with Crippen LogP contribution >= 0.6 is 11.6 Å². The number of aliphatic hydroxyl groups excluding tert-OH is 1. The Morgan fingerprint density at radius 1 is 1.03 bits per heavy atom. The van der Waals surface area contributed by atoms with Gasteiger partial charge in [0.25, 0.3) is 5.91 Å². The SMILES string of the molecule is O=C(c1ccc(Cl)cc1)N1CC(O)[C@H](N2CCC(O)(Cc3ccccc3)CC2)C1. The summed E-state index contributed by atoms with van der Waals surface area (Å²) in [5, 5.41) is 22.2. The molecule has 6 heteroatoms. The van der Waals surface area contributed by atoms with Crippen molar-refractivity contribution in [3.05, 3.63) is 70.7 Å². The van der Waals surface area contributed by atoms with Gasteiger partial charge in [0, 0.05) is 43.2 Å². The fourth-order valence-electron chi connectivity index (χ4n) is 4.49. The predicted molar refractivity (Wildman–Crippen MR) is 113 cm³/mol. The van der Waals surface area contributed by atoms with Gasteiger partial charge in [0.05, 0.1) is 17.7 Å². The molecule has 2 aromatic carbocycles. The zero-order chi connectivity index (χ0) is 20.4. The first-order valence-corrected chi connectivity index (χ1v) is 10.5. The minimum Gasteiger partial charge on any atom is -0.390 e. The van der Waals surface area contributed by atoms with E-state index in [1.165, 1.54) is 0 Å². The Bertz CT molecular complexity index is 835. The topological polar surface area (TPSA) is 64.0 Å². The molecule has 2 aromatic rings. The third kappa shape index (κ3) is 4.64. The molecule has 0 aliphatic carbocycles. The molecule has 0 saturated carbocycles. The number of nitrogens with zero attached hydrogens (tertiary/aromatic N) is 2. The number of aliphatic hydroxyl groups is 2. The van der Waals surface area contributed by atoms with Crippen molar-refractivity contribution in [3.8, 4) is 0 Å². The summed E-state index contributed by atoms with van der Waals surface area (Å²) in [4.78, 5) is 16.7. The molecule has 2 aliphatic heterocycles. The summed E-state index contributed by atoms with van der Waals surface area (Å²) in [5.74, 6) is -0.0826. The van der Waals surface area contributed by atoms with Gasteiger partial charge in [-0.05, 0) is 42.7 Å². The molecule has 2 atom stereocenters. The molecule has 0 bridgehead atoms.